The molecule has 0 spiro atoms. The Morgan fingerprint density at radius 3 is 2.83 bits per heavy atom. The molecule has 0 unspecified atom stereocenters. The van der Waals surface area contributed by atoms with Gasteiger partial charge in [0.2, 0.25) is 0 Å². The van der Waals surface area contributed by atoms with E-state index >= 15 is 0 Å². The van der Waals surface area contributed by atoms with E-state index in [-0.39, 0.29) is 11.8 Å². The van der Waals surface area contributed by atoms with Crippen LogP contribution in [0.3, 0.4) is 0 Å². The fourth-order valence-electron chi connectivity index (χ4n) is 4.64. The van der Waals surface area contributed by atoms with Crippen LogP contribution in [-0.4, -0.2) is 39.5 Å². The first kappa shape index (κ1) is 15.2. The van der Waals surface area contributed by atoms with Crippen molar-refractivity contribution in [1.29, 1.82) is 0 Å². The van der Waals surface area contributed by atoms with Crippen LogP contribution in [0.2, 0.25) is 0 Å². The average Bonchev–Trinajstić information content (AvgIpc) is 3.24. The van der Waals surface area contributed by atoms with Crippen LogP contribution in [0.4, 0.5) is 0 Å². The van der Waals surface area contributed by atoms with Gasteiger partial charge in [0.25, 0.3) is 5.91 Å². The number of carboxylic acid groups (broad SMARTS) is 1. The van der Waals surface area contributed by atoms with Gasteiger partial charge >= 0.3 is 5.97 Å². The van der Waals surface area contributed by atoms with Crippen molar-refractivity contribution in [2.75, 3.05) is 13.1 Å². The highest BCUT2D eigenvalue weighted by Gasteiger charge is 2.55. The monoisotopic (exact) mass is 326 g/mol. The van der Waals surface area contributed by atoms with Gasteiger partial charge in [-0.2, -0.15) is 0 Å². The van der Waals surface area contributed by atoms with Crippen LogP contribution in [0.15, 0.2) is 30.5 Å². The van der Waals surface area contributed by atoms with E-state index in [1.165, 1.54) is 0 Å². The van der Waals surface area contributed by atoms with Crippen molar-refractivity contribution in [3.63, 3.8) is 0 Å². The van der Waals surface area contributed by atoms with E-state index in [1.54, 1.807) is 4.90 Å². The standard InChI is InChI=1S/C19H22N2O3/c1-2-20-11-15(14-7-3-4-8-16(14)20)17(22)21-10-13-6-5-9-19(13,12-21)18(23)24/h3-4,7-8,11,13H,2,5-6,9-10,12H2,1H3,(H,23,24)/t13-,19+/m0/s1. The van der Waals surface area contributed by atoms with Gasteiger partial charge in [0.1, 0.15) is 0 Å². The number of likely N-dealkylation sites (tertiary alicyclic amines) is 1. The van der Waals surface area contributed by atoms with Crippen LogP contribution in [0.1, 0.15) is 36.5 Å². The van der Waals surface area contributed by atoms with E-state index in [2.05, 4.69) is 11.5 Å². The Hall–Kier alpha value is -2.30. The largest absolute Gasteiger partial charge is 0.481 e. The van der Waals surface area contributed by atoms with Gasteiger partial charge in [-0.3, -0.25) is 9.59 Å². The summed E-state index contributed by atoms with van der Waals surface area (Å²) in [7, 11) is 0. The van der Waals surface area contributed by atoms with Crippen molar-refractivity contribution in [1.82, 2.24) is 9.47 Å². The molecule has 2 aromatic rings. The lowest BCUT2D eigenvalue weighted by Crippen LogP contribution is -2.37. The van der Waals surface area contributed by atoms with E-state index < -0.39 is 11.4 Å². The summed E-state index contributed by atoms with van der Waals surface area (Å²) in [6, 6.07) is 7.91. The summed E-state index contributed by atoms with van der Waals surface area (Å²) >= 11 is 0. The van der Waals surface area contributed by atoms with Gasteiger partial charge in [0, 0.05) is 36.7 Å². The first-order chi connectivity index (χ1) is 11.6. The number of carbonyl (C=O) groups excluding carboxylic acids is 1. The lowest BCUT2D eigenvalue weighted by Gasteiger charge is -2.23. The number of benzene rings is 1. The minimum atomic E-state index is -0.740. The van der Waals surface area contributed by atoms with E-state index in [0.29, 0.717) is 25.1 Å². The average molecular weight is 326 g/mol. The van der Waals surface area contributed by atoms with E-state index in [9.17, 15) is 14.7 Å². The molecule has 24 heavy (non-hydrogen) atoms. The maximum Gasteiger partial charge on any atom is 0.311 e. The number of hydrogen-bond acceptors (Lipinski definition) is 2. The van der Waals surface area contributed by atoms with Gasteiger partial charge in [-0.15, -0.1) is 0 Å². The number of rotatable bonds is 3. The fraction of sp³-hybridized carbons (Fsp3) is 0.474. The number of amides is 1. The number of nitrogens with zero attached hydrogens (tertiary/aromatic N) is 2. The second kappa shape index (κ2) is 5.36. The van der Waals surface area contributed by atoms with Crippen molar-refractivity contribution < 1.29 is 14.7 Å². The van der Waals surface area contributed by atoms with Gasteiger partial charge in [-0.1, -0.05) is 24.6 Å². The third kappa shape index (κ3) is 2.00. The molecule has 1 amide bonds. The second-order valence-corrected chi connectivity index (χ2v) is 7.08. The smallest absolute Gasteiger partial charge is 0.311 e. The zero-order valence-electron chi connectivity index (χ0n) is 13.9. The Bertz CT molecular complexity index is 825. The van der Waals surface area contributed by atoms with Crippen molar-refractivity contribution in [3.05, 3.63) is 36.0 Å². The summed E-state index contributed by atoms with van der Waals surface area (Å²) in [6.45, 7) is 3.77. The summed E-state index contributed by atoms with van der Waals surface area (Å²) in [5.41, 5.74) is 1.02. The van der Waals surface area contributed by atoms with Crippen molar-refractivity contribution >= 4 is 22.8 Å². The Labute approximate surface area is 140 Å². The number of aromatic nitrogens is 1. The molecule has 1 aromatic heterocycles. The van der Waals surface area contributed by atoms with E-state index in [1.807, 2.05) is 30.5 Å². The van der Waals surface area contributed by atoms with Gasteiger partial charge in [0.15, 0.2) is 0 Å². The molecule has 1 aliphatic heterocycles. The quantitative estimate of drug-likeness (QED) is 0.943. The molecule has 4 rings (SSSR count). The summed E-state index contributed by atoms with van der Waals surface area (Å²) in [5, 5.41) is 10.7. The lowest BCUT2D eigenvalue weighted by atomic mass is 9.81. The second-order valence-electron chi connectivity index (χ2n) is 7.08. The van der Waals surface area contributed by atoms with Crippen LogP contribution in [0.5, 0.6) is 0 Å². The van der Waals surface area contributed by atoms with E-state index in [4.69, 9.17) is 0 Å². The minimum absolute atomic E-state index is 0.0339. The summed E-state index contributed by atoms with van der Waals surface area (Å²) in [6.07, 6.45) is 4.46. The van der Waals surface area contributed by atoms with Crippen LogP contribution in [0.25, 0.3) is 10.9 Å². The molecular formula is C19H22N2O3. The van der Waals surface area contributed by atoms with Gasteiger partial charge in [-0.05, 0) is 31.7 Å². The van der Waals surface area contributed by atoms with Crippen molar-refractivity contribution in [2.45, 2.75) is 32.7 Å². The topological polar surface area (TPSA) is 62.5 Å². The number of hydrogen-bond donors (Lipinski definition) is 1. The molecule has 1 saturated heterocycles. The predicted octanol–water partition coefficient (Wildman–Crippen LogP) is 2.99. The maximum absolute atomic E-state index is 13.1. The molecule has 1 aromatic carbocycles. The highest BCUT2D eigenvalue weighted by Crippen LogP contribution is 2.49. The summed E-state index contributed by atoms with van der Waals surface area (Å²) in [5.74, 6) is -0.678. The fourth-order valence-corrected chi connectivity index (χ4v) is 4.64. The van der Waals surface area contributed by atoms with Gasteiger partial charge in [0.05, 0.1) is 11.0 Å². The molecule has 0 bridgehead atoms. The molecule has 126 valence electrons. The minimum Gasteiger partial charge on any atom is -0.481 e. The molecule has 2 heterocycles. The summed E-state index contributed by atoms with van der Waals surface area (Å²) in [4.78, 5) is 26.7. The van der Waals surface area contributed by atoms with Gasteiger partial charge in [-0.25, -0.2) is 0 Å². The summed E-state index contributed by atoms with van der Waals surface area (Å²) < 4.78 is 2.08. The van der Waals surface area contributed by atoms with Crippen LogP contribution >= 0.6 is 0 Å². The number of carbonyl (C=O) groups is 2. The maximum atomic E-state index is 13.1. The number of aryl methyl sites for hydroxylation is 1. The third-order valence-corrected chi connectivity index (χ3v) is 5.94. The Balaban J connectivity index is 1.70. The molecule has 1 aliphatic carbocycles. The lowest BCUT2D eigenvalue weighted by molar-refractivity contribution is -0.149. The molecule has 5 heteroatoms. The Kier molecular flexibility index (Phi) is 3.41. The predicted molar refractivity (Wildman–Crippen MR) is 90.9 cm³/mol. The molecule has 2 aliphatic rings. The number of aliphatic carboxylic acids is 1. The first-order valence-corrected chi connectivity index (χ1v) is 8.67. The highest BCUT2D eigenvalue weighted by molar-refractivity contribution is 6.07. The molecule has 2 fully saturated rings. The van der Waals surface area contributed by atoms with Crippen LogP contribution < -0.4 is 0 Å². The normalized spacial score (nSPS) is 26.0. The number of fused-ring (bicyclic) bond motifs is 2. The molecule has 2 atom stereocenters. The zero-order chi connectivity index (χ0) is 16.9. The van der Waals surface area contributed by atoms with Crippen molar-refractivity contribution in [3.8, 4) is 0 Å². The van der Waals surface area contributed by atoms with Crippen LogP contribution in [0, 0.1) is 11.3 Å². The first-order valence-electron chi connectivity index (χ1n) is 8.67. The molecule has 5 nitrogen and oxygen atoms in total. The van der Waals surface area contributed by atoms with Crippen molar-refractivity contribution in [2.24, 2.45) is 11.3 Å². The number of carboxylic acids is 1. The van der Waals surface area contributed by atoms with E-state index in [0.717, 1.165) is 30.3 Å². The highest BCUT2D eigenvalue weighted by atomic mass is 16.4. The zero-order valence-corrected chi connectivity index (χ0v) is 13.9. The third-order valence-electron chi connectivity index (χ3n) is 5.94. The SMILES string of the molecule is CCn1cc(C(=O)N2C[C@@H]3CCC[C@@]3(C(=O)O)C2)c2ccccc21. The molecule has 1 N–H and O–H groups in total. The van der Waals surface area contributed by atoms with Crippen LogP contribution in [-0.2, 0) is 11.3 Å². The Morgan fingerprint density at radius 1 is 1.33 bits per heavy atom. The molecule has 0 radical (unpaired) electrons. The molecule has 1 saturated carbocycles. The Morgan fingerprint density at radius 2 is 2.12 bits per heavy atom. The van der Waals surface area contributed by atoms with Gasteiger partial charge < -0.3 is 14.6 Å². The number of para-hydroxylation sites is 1. The molecular weight excluding hydrogens is 304 g/mol.